The average molecular weight is 241 g/mol. The quantitative estimate of drug-likeness (QED) is 0.727. The van der Waals surface area contributed by atoms with Crippen LogP contribution in [0.3, 0.4) is 0 Å². The molecule has 1 aliphatic rings. The van der Waals surface area contributed by atoms with Crippen molar-refractivity contribution in [1.82, 2.24) is 5.32 Å². The second kappa shape index (κ2) is 6.39. The Bertz CT molecular complexity index is 245. The predicted molar refractivity (Wildman–Crippen MR) is 70.1 cm³/mol. The summed E-state index contributed by atoms with van der Waals surface area (Å²) in [5.74, 6) is 0.0314. The van der Waals surface area contributed by atoms with Gasteiger partial charge in [-0.15, -0.1) is 0 Å². The summed E-state index contributed by atoms with van der Waals surface area (Å²) in [4.78, 5) is 10.4. The van der Waals surface area contributed by atoms with Crippen molar-refractivity contribution in [2.45, 2.75) is 65.3 Å². The molecule has 17 heavy (non-hydrogen) atoms. The Morgan fingerprint density at radius 2 is 1.94 bits per heavy atom. The first-order valence-corrected chi connectivity index (χ1v) is 6.86. The summed E-state index contributed by atoms with van der Waals surface area (Å²) < 4.78 is 0. The second-order valence-electron chi connectivity index (χ2n) is 6.31. The molecule has 0 bridgehead atoms. The van der Waals surface area contributed by atoms with Crippen LogP contribution in [0.2, 0.25) is 0 Å². The molecule has 0 heterocycles. The highest BCUT2D eigenvalue weighted by Gasteiger charge is 2.33. The zero-order valence-electron chi connectivity index (χ0n) is 11.5. The number of nitrogens with one attached hydrogen (secondary N) is 1. The number of carbonyl (C=O) groups is 1. The minimum Gasteiger partial charge on any atom is -0.481 e. The first-order chi connectivity index (χ1) is 7.91. The van der Waals surface area contributed by atoms with E-state index in [1.165, 1.54) is 25.7 Å². The monoisotopic (exact) mass is 241 g/mol. The second-order valence-corrected chi connectivity index (χ2v) is 6.31. The van der Waals surface area contributed by atoms with E-state index in [1.54, 1.807) is 0 Å². The molecule has 0 aromatic carbocycles. The number of aliphatic carboxylic acids is 1. The lowest BCUT2D eigenvalue weighted by Gasteiger charge is -2.41. The average Bonchev–Trinajstić information content (AvgIpc) is 2.23. The van der Waals surface area contributed by atoms with Gasteiger partial charge in [0, 0.05) is 12.5 Å². The topological polar surface area (TPSA) is 49.3 Å². The number of hydrogen-bond donors (Lipinski definition) is 2. The van der Waals surface area contributed by atoms with Crippen LogP contribution in [0.5, 0.6) is 0 Å². The minimum absolute atomic E-state index is 0.278. The zero-order valence-corrected chi connectivity index (χ0v) is 11.5. The van der Waals surface area contributed by atoms with Crippen LogP contribution in [0.4, 0.5) is 0 Å². The molecule has 3 nitrogen and oxygen atoms in total. The third kappa shape index (κ3) is 5.07. The van der Waals surface area contributed by atoms with E-state index in [-0.39, 0.29) is 6.42 Å². The van der Waals surface area contributed by atoms with Gasteiger partial charge in [-0.05, 0) is 37.1 Å². The van der Waals surface area contributed by atoms with Gasteiger partial charge in [0.1, 0.15) is 0 Å². The summed E-state index contributed by atoms with van der Waals surface area (Å²) in [6.45, 7) is 7.78. The molecule has 3 heteroatoms. The predicted octanol–water partition coefficient (Wildman–Crippen LogP) is 3.05. The number of rotatable bonds is 5. The van der Waals surface area contributed by atoms with Gasteiger partial charge in [0.05, 0.1) is 0 Å². The highest BCUT2D eigenvalue weighted by Crippen LogP contribution is 2.37. The van der Waals surface area contributed by atoms with E-state index in [4.69, 9.17) is 5.11 Å². The maximum absolute atomic E-state index is 10.4. The van der Waals surface area contributed by atoms with Crippen molar-refractivity contribution in [2.75, 3.05) is 6.54 Å². The Morgan fingerprint density at radius 1 is 1.29 bits per heavy atom. The van der Waals surface area contributed by atoms with Gasteiger partial charge in [-0.25, -0.2) is 0 Å². The molecular formula is C14H27NO2. The van der Waals surface area contributed by atoms with Crippen molar-refractivity contribution < 1.29 is 9.90 Å². The Balaban J connectivity index is 2.35. The molecule has 100 valence electrons. The lowest BCUT2D eigenvalue weighted by Crippen LogP contribution is -2.44. The van der Waals surface area contributed by atoms with Crippen molar-refractivity contribution in [1.29, 1.82) is 0 Å². The molecule has 0 spiro atoms. The SMILES string of the molecule is CC(C)(C)C1CCCCC1NCCCC(=O)O. The summed E-state index contributed by atoms with van der Waals surface area (Å²) >= 11 is 0. The fraction of sp³-hybridized carbons (Fsp3) is 0.929. The molecule has 0 amide bonds. The number of carboxylic acids is 1. The molecule has 2 N–H and O–H groups in total. The van der Waals surface area contributed by atoms with Gasteiger partial charge in [-0.1, -0.05) is 33.6 Å². The molecule has 1 rings (SSSR count). The van der Waals surface area contributed by atoms with E-state index in [0.717, 1.165) is 18.9 Å². The number of carboxylic acid groups (broad SMARTS) is 1. The van der Waals surface area contributed by atoms with Crippen molar-refractivity contribution in [3.63, 3.8) is 0 Å². The molecule has 0 aromatic rings. The van der Waals surface area contributed by atoms with Crippen LogP contribution in [-0.4, -0.2) is 23.7 Å². The molecule has 0 aliphatic heterocycles. The van der Waals surface area contributed by atoms with Crippen LogP contribution < -0.4 is 5.32 Å². The van der Waals surface area contributed by atoms with E-state index in [1.807, 2.05) is 0 Å². The normalized spacial score (nSPS) is 25.8. The Kier molecular flexibility index (Phi) is 5.44. The van der Waals surface area contributed by atoms with Crippen molar-refractivity contribution in [2.24, 2.45) is 11.3 Å². The molecule has 0 saturated heterocycles. The molecule has 1 fully saturated rings. The van der Waals surface area contributed by atoms with Crippen LogP contribution >= 0.6 is 0 Å². The van der Waals surface area contributed by atoms with E-state index in [2.05, 4.69) is 26.1 Å². The first-order valence-electron chi connectivity index (χ1n) is 6.86. The Labute approximate surface area is 105 Å². The zero-order chi connectivity index (χ0) is 12.9. The van der Waals surface area contributed by atoms with Crippen LogP contribution in [0.1, 0.15) is 59.3 Å². The fourth-order valence-corrected chi connectivity index (χ4v) is 2.94. The standard InChI is InChI=1S/C14H27NO2/c1-14(2,3)11-7-4-5-8-12(11)15-10-6-9-13(16)17/h11-12,15H,4-10H2,1-3H3,(H,16,17). The summed E-state index contributed by atoms with van der Waals surface area (Å²) in [6, 6.07) is 0.581. The van der Waals surface area contributed by atoms with Gasteiger partial charge < -0.3 is 10.4 Å². The summed E-state index contributed by atoms with van der Waals surface area (Å²) in [7, 11) is 0. The maximum atomic E-state index is 10.4. The van der Waals surface area contributed by atoms with Crippen LogP contribution in [0, 0.1) is 11.3 Å². The van der Waals surface area contributed by atoms with E-state index < -0.39 is 5.97 Å². The molecule has 0 aromatic heterocycles. The van der Waals surface area contributed by atoms with Gasteiger partial charge in [0.25, 0.3) is 0 Å². The van der Waals surface area contributed by atoms with Gasteiger partial charge >= 0.3 is 5.97 Å². The van der Waals surface area contributed by atoms with Crippen LogP contribution in [0.25, 0.3) is 0 Å². The maximum Gasteiger partial charge on any atom is 0.303 e. The van der Waals surface area contributed by atoms with Gasteiger partial charge in [-0.2, -0.15) is 0 Å². The Hall–Kier alpha value is -0.570. The molecule has 2 atom stereocenters. The van der Waals surface area contributed by atoms with Crippen molar-refractivity contribution in [3.05, 3.63) is 0 Å². The summed E-state index contributed by atoms with van der Waals surface area (Å²) in [6.07, 6.45) is 6.22. The highest BCUT2D eigenvalue weighted by molar-refractivity contribution is 5.66. The van der Waals surface area contributed by atoms with Crippen LogP contribution in [-0.2, 0) is 4.79 Å². The first kappa shape index (κ1) is 14.5. The van der Waals surface area contributed by atoms with E-state index in [9.17, 15) is 4.79 Å². The summed E-state index contributed by atoms with van der Waals surface area (Å²) in [5.41, 5.74) is 0.352. The molecule has 1 aliphatic carbocycles. The Morgan fingerprint density at radius 3 is 2.53 bits per heavy atom. The fourth-order valence-electron chi connectivity index (χ4n) is 2.94. The van der Waals surface area contributed by atoms with Gasteiger partial charge in [0.15, 0.2) is 0 Å². The van der Waals surface area contributed by atoms with Crippen molar-refractivity contribution >= 4 is 5.97 Å². The lowest BCUT2D eigenvalue weighted by atomic mass is 9.69. The minimum atomic E-state index is -0.692. The van der Waals surface area contributed by atoms with Crippen LogP contribution in [0.15, 0.2) is 0 Å². The molecule has 0 radical (unpaired) electrons. The highest BCUT2D eigenvalue weighted by atomic mass is 16.4. The van der Waals surface area contributed by atoms with Gasteiger partial charge in [-0.3, -0.25) is 4.79 Å². The molecule has 2 unspecified atom stereocenters. The summed E-state index contributed by atoms with van der Waals surface area (Å²) in [5, 5.41) is 12.2. The number of hydrogen-bond acceptors (Lipinski definition) is 2. The molecular weight excluding hydrogens is 214 g/mol. The van der Waals surface area contributed by atoms with Crippen molar-refractivity contribution in [3.8, 4) is 0 Å². The third-order valence-electron chi connectivity index (χ3n) is 3.85. The van der Waals surface area contributed by atoms with E-state index in [0.29, 0.717) is 11.5 Å². The third-order valence-corrected chi connectivity index (χ3v) is 3.85. The van der Waals surface area contributed by atoms with Gasteiger partial charge in [0.2, 0.25) is 0 Å². The molecule has 1 saturated carbocycles. The largest absolute Gasteiger partial charge is 0.481 e. The lowest BCUT2D eigenvalue weighted by molar-refractivity contribution is -0.137. The van der Waals surface area contributed by atoms with E-state index >= 15 is 0 Å². The smallest absolute Gasteiger partial charge is 0.303 e.